The van der Waals surface area contributed by atoms with Crippen molar-refractivity contribution < 1.29 is 13.2 Å². The van der Waals surface area contributed by atoms with Gasteiger partial charge in [0.15, 0.2) is 0 Å². The summed E-state index contributed by atoms with van der Waals surface area (Å²) in [6.45, 7) is 4.14. The fourth-order valence-electron chi connectivity index (χ4n) is 1.75. The summed E-state index contributed by atoms with van der Waals surface area (Å²) in [4.78, 5) is 8.05. The molecule has 0 aliphatic carbocycles. The SMILES string of the molecule is CCNc1cc(NC(C)c2cccs2)nc(C(F)(F)F)n1. The van der Waals surface area contributed by atoms with Crippen molar-refractivity contribution in [2.45, 2.75) is 26.1 Å². The summed E-state index contributed by atoms with van der Waals surface area (Å²) >= 11 is 1.53. The van der Waals surface area contributed by atoms with Gasteiger partial charge in [-0.3, -0.25) is 0 Å². The Bertz CT molecular complexity index is 584. The molecule has 2 N–H and O–H groups in total. The number of aromatic nitrogens is 2. The second-order valence-electron chi connectivity index (χ2n) is 4.37. The van der Waals surface area contributed by atoms with Gasteiger partial charge in [-0.15, -0.1) is 11.3 Å². The van der Waals surface area contributed by atoms with Crippen molar-refractivity contribution in [3.8, 4) is 0 Å². The topological polar surface area (TPSA) is 49.8 Å². The van der Waals surface area contributed by atoms with Gasteiger partial charge in [-0.05, 0) is 25.3 Å². The molecule has 2 rings (SSSR count). The number of alkyl halides is 3. The molecule has 0 radical (unpaired) electrons. The van der Waals surface area contributed by atoms with E-state index < -0.39 is 12.0 Å². The summed E-state index contributed by atoms with van der Waals surface area (Å²) in [6, 6.07) is 5.15. The van der Waals surface area contributed by atoms with Crippen molar-refractivity contribution >= 4 is 23.0 Å². The van der Waals surface area contributed by atoms with Crippen LogP contribution in [-0.4, -0.2) is 16.5 Å². The van der Waals surface area contributed by atoms with E-state index in [1.807, 2.05) is 24.4 Å². The normalized spacial score (nSPS) is 13.0. The molecule has 0 saturated carbocycles. The number of nitrogens with zero attached hydrogens (tertiary/aromatic N) is 2. The number of rotatable bonds is 5. The van der Waals surface area contributed by atoms with Crippen molar-refractivity contribution in [3.63, 3.8) is 0 Å². The Morgan fingerprint density at radius 2 is 2.00 bits per heavy atom. The van der Waals surface area contributed by atoms with E-state index in [0.717, 1.165) is 4.88 Å². The minimum Gasteiger partial charge on any atom is -0.370 e. The zero-order valence-corrected chi connectivity index (χ0v) is 12.3. The van der Waals surface area contributed by atoms with E-state index in [1.165, 1.54) is 17.4 Å². The maximum absolute atomic E-state index is 12.8. The maximum Gasteiger partial charge on any atom is 0.451 e. The molecule has 1 unspecified atom stereocenters. The predicted octanol–water partition coefficient (Wildman–Crippen LogP) is 4.16. The van der Waals surface area contributed by atoms with Crippen LogP contribution in [0.5, 0.6) is 0 Å². The van der Waals surface area contributed by atoms with Crippen molar-refractivity contribution in [1.29, 1.82) is 0 Å². The highest BCUT2D eigenvalue weighted by molar-refractivity contribution is 7.10. The van der Waals surface area contributed by atoms with Crippen LogP contribution in [0.4, 0.5) is 24.8 Å². The van der Waals surface area contributed by atoms with Crippen LogP contribution in [0.25, 0.3) is 0 Å². The molecule has 0 bridgehead atoms. The van der Waals surface area contributed by atoms with Gasteiger partial charge in [0.1, 0.15) is 11.6 Å². The lowest BCUT2D eigenvalue weighted by Gasteiger charge is -2.15. The monoisotopic (exact) mass is 316 g/mol. The van der Waals surface area contributed by atoms with E-state index in [9.17, 15) is 13.2 Å². The van der Waals surface area contributed by atoms with Crippen molar-refractivity contribution in [2.75, 3.05) is 17.2 Å². The van der Waals surface area contributed by atoms with Crippen LogP contribution >= 0.6 is 11.3 Å². The number of hydrogen-bond donors (Lipinski definition) is 2. The van der Waals surface area contributed by atoms with Crippen LogP contribution in [0, 0.1) is 0 Å². The number of nitrogens with one attached hydrogen (secondary N) is 2. The van der Waals surface area contributed by atoms with Gasteiger partial charge in [-0.1, -0.05) is 6.07 Å². The van der Waals surface area contributed by atoms with Crippen LogP contribution < -0.4 is 10.6 Å². The minimum absolute atomic E-state index is 0.129. The van der Waals surface area contributed by atoms with Gasteiger partial charge in [-0.25, -0.2) is 9.97 Å². The molecular weight excluding hydrogens is 301 g/mol. The molecular formula is C13H15F3N4S. The Hall–Kier alpha value is -1.83. The first-order valence-electron chi connectivity index (χ1n) is 6.40. The largest absolute Gasteiger partial charge is 0.451 e. The molecule has 0 aliphatic heterocycles. The van der Waals surface area contributed by atoms with Gasteiger partial charge < -0.3 is 10.6 Å². The first-order valence-corrected chi connectivity index (χ1v) is 7.28. The molecule has 8 heteroatoms. The quantitative estimate of drug-likeness (QED) is 0.869. The van der Waals surface area contributed by atoms with E-state index in [0.29, 0.717) is 6.54 Å². The lowest BCUT2D eigenvalue weighted by molar-refractivity contribution is -0.144. The third kappa shape index (κ3) is 4.07. The van der Waals surface area contributed by atoms with E-state index >= 15 is 0 Å². The Kier molecular flexibility index (Phi) is 4.66. The third-order valence-corrected chi connectivity index (χ3v) is 3.73. The summed E-state index contributed by atoms with van der Waals surface area (Å²) in [7, 11) is 0. The van der Waals surface area contributed by atoms with E-state index in [2.05, 4.69) is 20.6 Å². The van der Waals surface area contributed by atoms with Gasteiger partial charge >= 0.3 is 6.18 Å². The molecule has 1 atom stereocenters. The number of halogens is 3. The molecule has 0 amide bonds. The summed E-state index contributed by atoms with van der Waals surface area (Å²) in [6.07, 6.45) is -4.58. The lowest BCUT2D eigenvalue weighted by atomic mass is 10.3. The van der Waals surface area contributed by atoms with Crippen LogP contribution in [0.1, 0.15) is 30.6 Å². The smallest absolute Gasteiger partial charge is 0.370 e. The summed E-state index contributed by atoms with van der Waals surface area (Å²) in [5, 5.41) is 7.67. The average Bonchev–Trinajstić information content (AvgIpc) is 2.91. The number of thiophene rings is 1. The van der Waals surface area contributed by atoms with E-state index in [4.69, 9.17) is 0 Å². The zero-order chi connectivity index (χ0) is 15.5. The van der Waals surface area contributed by atoms with Crippen LogP contribution in [0.15, 0.2) is 23.6 Å². The third-order valence-electron chi connectivity index (χ3n) is 2.67. The predicted molar refractivity (Wildman–Crippen MR) is 77.6 cm³/mol. The molecule has 0 aliphatic rings. The Morgan fingerprint density at radius 3 is 2.57 bits per heavy atom. The van der Waals surface area contributed by atoms with E-state index in [-0.39, 0.29) is 17.7 Å². The van der Waals surface area contributed by atoms with Gasteiger partial charge in [0.25, 0.3) is 0 Å². The summed E-state index contributed by atoms with van der Waals surface area (Å²) < 4.78 is 38.5. The first kappa shape index (κ1) is 15.6. The lowest BCUT2D eigenvalue weighted by Crippen LogP contribution is -2.16. The summed E-state index contributed by atoms with van der Waals surface area (Å²) in [5.74, 6) is -0.850. The average molecular weight is 316 g/mol. The van der Waals surface area contributed by atoms with Crippen molar-refractivity contribution in [3.05, 3.63) is 34.3 Å². The highest BCUT2D eigenvalue weighted by Crippen LogP contribution is 2.29. The molecule has 0 aromatic carbocycles. The highest BCUT2D eigenvalue weighted by Gasteiger charge is 2.35. The molecule has 0 spiro atoms. The maximum atomic E-state index is 12.8. The van der Waals surface area contributed by atoms with Gasteiger partial charge in [0, 0.05) is 17.5 Å². The molecule has 2 aromatic heterocycles. The fraction of sp³-hybridized carbons (Fsp3) is 0.385. The molecule has 0 saturated heterocycles. The van der Waals surface area contributed by atoms with Crippen LogP contribution in [0.3, 0.4) is 0 Å². The van der Waals surface area contributed by atoms with Crippen molar-refractivity contribution in [1.82, 2.24) is 9.97 Å². The second kappa shape index (κ2) is 6.30. The minimum atomic E-state index is -4.58. The first-order chi connectivity index (χ1) is 9.90. The molecule has 114 valence electrons. The molecule has 2 aromatic rings. The standard InChI is InChI=1S/C13H15F3N4S/c1-3-17-10-7-11(20-12(19-10)13(14,15)16)18-8(2)9-5-4-6-21-9/h4-8H,3H2,1-2H3,(H2,17,18,19,20). The molecule has 4 nitrogen and oxygen atoms in total. The van der Waals surface area contributed by atoms with Crippen LogP contribution in [0.2, 0.25) is 0 Å². The fourth-order valence-corrected chi connectivity index (χ4v) is 2.48. The number of hydrogen-bond acceptors (Lipinski definition) is 5. The second-order valence-corrected chi connectivity index (χ2v) is 5.35. The van der Waals surface area contributed by atoms with Gasteiger partial charge in [0.2, 0.25) is 5.82 Å². The molecule has 21 heavy (non-hydrogen) atoms. The summed E-state index contributed by atoms with van der Waals surface area (Å²) in [5.41, 5.74) is 0. The van der Waals surface area contributed by atoms with Gasteiger partial charge in [0.05, 0.1) is 6.04 Å². The van der Waals surface area contributed by atoms with Crippen molar-refractivity contribution in [2.24, 2.45) is 0 Å². The highest BCUT2D eigenvalue weighted by atomic mass is 32.1. The van der Waals surface area contributed by atoms with Gasteiger partial charge in [-0.2, -0.15) is 13.2 Å². The molecule has 0 fully saturated rings. The Balaban J connectivity index is 2.27. The number of anilines is 2. The van der Waals surface area contributed by atoms with E-state index in [1.54, 1.807) is 6.92 Å². The van der Waals surface area contributed by atoms with Crippen LogP contribution in [-0.2, 0) is 6.18 Å². The Labute approximate surface area is 124 Å². The molecule has 2 heterocycles. The Morgan fingerprint density at radius 1 is 1.29 bits per heavy atom. The zero-order valence-electron chi connectivity index (χ0n) is 11.5.